The molecule has 0 saturated carbocycles. The van der Waals surface area contributed by atoms with Gasteiger partial charge in [0.05, 0.1) is 7.11 Å². The fourth-order valence-corrected chi connectivity index (χ4v) is 1.26. The molecule has 0 spiro atoms. The second kappa shape index (κ2) is 8.34. The summed E-state index contributed by atoms with van der Waals surface area (Å²) in [6.45, 7) is 5.98. The Bertz CT molecular complexity index is 246. The van der Waals surface area contributed by atoms with Gasteiger partial charge in [-0.05, 0) is 44.9 Å². The summed E-state index contributed by atoms with van der Waals surface area (Å²) in [5.74, 6) is 0.265. The van der Waals surface area contributed by atoms with Crippen LogP contribution in [-0.2, 0) is 4.74 Å². The lowest BCUT2D eigenvalue weighted by molar-refractivity contribution is 0.280. The van der Waals surface area contributed by atoms with E-state index in [1.807, 2.05) is 27.0 Å². The van der Waals surface area contributed by atoms with Crippen molar-refractivity contribution in [3.8, 4) is 0 Å². The lowest BCUT2D eigenvalue weighted by Crippen LogP contribution is -2.20. The van der Waals surface area contributed by atoms with Gasteiger partial charge >= 0.3 is 0 Å². The molecule has 16 heavy (non-hydrogen) atoms. The summed E-state index contributed by atoms with van der Waals surface area (Å²) in [4.78, 5) is 0. The molecule has 0 radical (unpaired) electrons. The van der Waals surface area contributed by atoms with Crippen LogP contribution in [0.3, 0.4) is 0 Å². The number of allylic oxidation sites excluding steroid dienone is 3. The van der Waals surface area contributed by atoms with Crippen molar-refractivity contribution in [2.24, 2.45) is 5.92 Å². The molecule has 0 bridgehead atoms. The van der Waals surface area contributed by atoms with E-state index in [9.17, 15) is 4.39 Å². The largest absolute Gasteiger partial charge is 0.494 e. The van der Waals surface area contributed by atoms with Gasteiger partial charge in [0, 0.05) is 6.04 Å². The maximum Gasteiger partial charge on any atom is 0.160 e. The first-order valence-electron chi connectivity index (χ1n) is 5.80. The topological polar surface area (TPSA) is 21.3 Å². The highest BCUT2D eigenvalue weighted by Gasteiger charge is 2.05. The number of halogens is 1. The molecule has 0 rings (SSSR count). The number of ether oxygens (including phenoxy) is 1. The van der Waals surface area contributed by atoms with Crippen molar-refractivity contribution in [3.63, 3.8) is 0 Å². The van der Waals surface area contributed by atoms with Gasteiger partial charge in [0.1, 0.15) is 5.76 Å². The number of methoxy groups -OCH3 is 1. The number of nitrogens with one attached hydrogen (secondary N) is 1. The van der Waals surface area contributed by atoms with Crippen molar-refractivity contribution in [1.29, 1.82) is 0 Å². The van der Waals surface area contributed by atoms with E-state index in [0.717, 1.165) is 12.8 Å². The van der Waals surface area contributed by atoms with Gasteiger partial charge in [0.25, 0.3) is 0 Å². The second-order valence-corrected chi connectivity index (χ2v) is 4.30. The second-order valence-electron chi connectivity index (χ2n) is 4.30. The van der Waals surface area contributed by atoms with Crippen LogP contribution in [-0.4, -0.2) is 20.2 Å². The van der Waals surface area contributed by atoms with Crippen molar-refractivity contribution in [1.82, 2.24) is 5.32 Å². The van der Waals surface area contributed by atoms with E-state index in [2.05, 4.69) is 12.2 Å². The molecule has 0 aromatic carbocycles. The first-order valence-corrected chi connectivity index (χ1v) is 5.80. The van der Waals surface area contributed by atoms with E-state index >= 15 is 0 Å². The molecule has 1 N–H and O–H groups in total. The van der Waals surface area contributed by atoms with Gasteiger partial charge < -0.3 is 10.1 Å². The molecule has 0 unspecified atom stereocenters. The zero-order valence-corrected chi connectivity index (χ0v) is 11.0. The third-order valence-corrected chi connectivity index (χ3v) is 2.36. The molecule has 2 nitrogen and oxygen atoms in total. The van der Waals surface area contributed by atoms with Gasteiger partial charge in [-0.15, -0.1) is 0 Å². The van der Waals surface area contributed by atoms with Gasteiger partial charge in [-0.25, -0.2) is 4.39 Å². The summed E-state index contributed by atoms with van der Waals surface area (Å²) in [5.41, 5.74) is 0. The quantitative estimate of drug-likeness (QED) is 0.533. The molecule has 94 valence electrons. The number of hydrogen-bond donors (Lipinski definition) is 1. The Morgan fingerprint density at radius 1 is 1.38 bits per heavy atom. The minimum absolute atomic E-state index is 0.190. The predicted octanol–water partition coefficient (Wildman–Crippen LogP) is 3.41. The molecule has 0 aliphatic rings. The summed E-state index contributed by atoms with van der Waals surface area (Å²) in [7, 11) is 3.42. The lowest BCUT2D eigenvalue weighted by atomic mass is 10.1. The Hall–Kier alpha value is -0.830. The Kier molecular flexibility index (Phi) is 7.90. The SMILES string of the molecule is CN[C@H](C)CC/C=C(OC)\C(F)=C/C(C)C. The fourth-order valence-electron chi connectivity index (χ4n) is 1.26. The number of rotatable bonds is 7. The van der Waals surface area contributed by atoms with E-state index in [0.29, 0.717) is 11.8 Å². The van der Waals surface area contributed by atoms with Crippen LogP contribution in [0.15, 0.2) is 23.7 Å². The standard InChI is InChI=1S/C13H24FNO/c1-10(2)9-12(14)13(16-5)8-6-7-11(3)15-4/h8-11,15H,6-7H2,1-5H3/b12-9+,13-8+/t11-/m1/s1. The van der Waals surface area contributed by atoms with Crippen LogP contribution in [0.1, 0.15) is 33.6 Å². The smallest absolute Gasteiger partial charge is 0.160 e. The molecule has 1 atom stereocenters. The normalized spacial score (nSPS) is 15.4. The predicted molar refractivity (Wildman–Crippen MR) is 66.9 cm³/mol. The lowest BCUT2D eigenvalue weighted by Gasteiger charge is -2.09. The first kappa shape index (κ1) is 15.2. The Morgan fingerprint density at radius 2 is 2.00 bits per heavy atom. The molecule has 0 aliphatic heterocycles. The zero-order chi connectivity index (χ0) is 12.6. The van der Waals surface area contributed by atoms with Crippen molar-refractivity contribution >= 4 is 0 Å². The van der Waals surface area contributed by atoms with E-state index in [1.165, 1.54) is 7.11 Å². The molecular formula is C13H24FNO. The van der Waals surface area contributed by atoms with Gasteiger partial charge in [-0.2, -0.15) is 0 Å². The van der Waals surface area contributed by atoms with E-state index in [-0.39, 0.29) is 11.7 Å². The minimum Gasteiger partial charge on any atom is -0.494 e. The van der Waals surface area contributed by atoms with Crippen molar-refractivity contribution in [3.05, 3.63) is 23.7 Å². The highest BCUT2D eigenvalue weighted by molar-refractivity contribution is 5.19. The number of hydrogen-bond acceptors (Lipinski definition) is 2. The molecule has 0 heterocycles. The van der Waals surface area contributed by atoms with Crippen molar-refractivity contribution < 1.29 is 9.13 Å². The summed E-state index contributed by atoms with van der Waals surface area (Å²) in [5, 5.41) is 3.14. The molecular weight excluding hydrogens is 205 g/mol. The zero-order valence-electron chi connectivity index (χ0n) is 11.0. The maximum atomic E-state index is 13.6. The maximum absolute atomic E-state index is 13.6. The molecule has 0 aromatic rings. The molecule has 0 saturated heterocycles. The highest BCUT2D eigenvalue weighted by Crippen LogP contribution is 2.16. The van der Waals surface area contributed by atoms with Gasteiger partial charge in [-0.3, -0.25) is 0 Å². The van der Waals surface area contributed by atoms with Gasteiger partial charge in [0.15, 0.2) is 5.83 Å². The fraction of sp³-hybridized carbons (Fsp3) is 0.692. The first-order chi connectivity index (χ1) is 7.51. The molecule has 3 heteroatoms. The van der Waals surface area contributed by atoms with E-state index in [1.54, 1.807) is 6.08 Å². The average Bonchev–Trinajstić information content (AvgIpc) is 2.22. The van der Waals surface area contributed by atoms with Crippen LogP contribution in [0.25, 0.3) is 0 Å². The van der Waals surface area contributed by atoms with Crippen LogP contribution in [0, 0.1) is 5.92 Å². The van der Waals surface area contributed by atoms with Crippen LogP contribution in [0.5, 0.6) is 0 Å². The monoisotopic (exact) mass is 229 g/mol. The Balaban J connectivity index is 4.32. The van der Waals surface area contributed by atoms with Crippen LogP contribution in [0.4, 0.5) is 4.39 Å². The summed E-state index contributed by atoms with van der Waals surface area (Å²) in [6, 6.07) is 0.437. The van der Waals surface area contributed by atoms with Crippen molar-refractivity contribution in [2.75, 3.05) is 14.2 Å². The third-order valence-electron chi connectivity index (χ3n) is 2.36. The molecule has 0 fully saturated rings. The summed E-state index contributed by atoms with van der Waals surface area (Å²) >= 11 is 0. The van der Waals surface area contributed by atoms with Crippen LogP contribution < -0.4 is 5.32 Å². The molecule has 0 amide bonds. The Morgan fingerprint density at radius 3 is 2.44 bits per heavy atom. The van der Waals surface area contributed by atoms with Gasteiger partial charge in [-0.1, -0.05) is 13.8 Å². The summed E-state index contributed by atoms with van der Waals surface area (Å²) < 4.78 is 18.6. The van der Waals surface area contributed by atoms with Crippen molar-refractivity contribution in [2.45, 2.75) is 39.7 Å². The van der Waals surface area contributed by atoms with Gasteiger partial charge in [0.2, 0.25) is 0 Å². The third kappa shape index (κ3) is 6.62. The van der Waals surface area contributed by atoms with E-state index in [4.69, 9.17) is 4.74 Å². The molecule has 0 aromatic heterocycles. The van der Waals surface area contributed by atoms with Crippen LogP contribution >= 0.6 is 0 Å². The minimum atomic E-state index is -0.269. The average molecular weight is 229 g/mol. The Labute approximate surface area is 98.6 Å². The molecule has 0 aliphatic carbocycles. The summed E-state index contributed by atoms with van der Waals surface area (Å²) in [6.07, 6.45) is 5.15. The highest BCUT2D eigenvalue weighted by atomic mass is 19.1. The van der Waals surface area contributed by atoms with Crippen LogP contribution in [0.2, 0.25) is 0 Å². The van der Waals surface area contributed by atoms with E-state index < -0.39 is 0 Å².